The van der Waals surface area contributed by atoms with Gasteiger partial charge in [-0.15, -0.1) is 0 Å². The highest BCUT2D eigenvalue weighted by molar-refractivity contribution is 6.42. The molecule has 2 nitrogen and oxygen atoms in total. The zero-order valence-electron chi connectivity index (χ0n) is 10.5. The highest BCUT2D eigenvalue weighted by Gasteiger charge is 2.14. The van der Waals surface area contributed by atoms with Crippen LogP contribution in [0.5, 0.6) is 0 Å². The molecule has 0 spiro atoms. The van der Waals surface area contributed by atoms with Crippen LogP contribution in [0.15, 0.2) is 52.9 Å². The molecule has 20 heavy (non-hydrogen) atoms. The van der Waals surface area contributed by atoms with E-state index in [1.54, 1.807) is 12.1 Å². The van der Waals surface area contributed by atoms with Gasteiger partial charge in [-0.1, -0.05) is 47.5 Å². The van der Waals surface area contributed by atoms with Crippen LogP contribution >= 0.6 is 23.2 Å². The van der Waals surface area contributed by atoms with E-state index in [0.29, 0.717) is 22.2 Å². The van der Waals surface area contributed by atoms with Crippen molar-refractivity contribution in [3.8, 4) is 0 Å². The quantitative estimate of drug-likeness (QED) is 0.737. The van der Waals surface area contributed by atoms with Gasteiger partial charge in [0.05, 0.1) is 10.0 Å². The molecule has 0 amide bonds. The molecule has 1 N–H and O–H groups in total. The summed E-state index contributed by atoms with van der Waals surface area (Å²) >= 11 is 11.8. The van der Waals surface area contributed by atoms with Crippen molar-refractivity contribution >= 4 is 34.2 Å². The first-order chi connectivity index (χ1) is 9.63. The Morgan fingerprint density at radius 2 is 1.80 bits per heavy atom. The number of hydrogen-bond donors (Lipinski definition) is 1. The van der Waals surface area contributed by atoms with Crippen molar-refractivity contribution in [1.29, 1.82) is 0 Å². The van der Waals surface area contributed by atoms with Gasteiger partial charge in [0.15, 0.2) is 0 Å². The lowest BCUT2D eigenvalue weighted by Crippen LogP contribution is -2.00. The van der Waals surface area contributed by atoms with Gasteiger partial charge in [0.25, 0.3) is 0 Å². The average molecular weight is 307 g/mol. The normalized spacial score (nSPS) is 12.8. The Kier molecular flexibility index (Phi) is 3.70. The molecule has 102 valence electrons. The van der Waals surface area contributed by atoms with Gasteiger partial charge in [-0.25, -0.2) is 0 Å². The highest BCUT2D eigenvalue weighted by atomic mass is 35.5. The molecule has 0 fully saturated rings. The summed E-state index contributed by atoms with van der Waals surface area (Å²) < 4.78 is 5.65. The van der Waals surface area contributed by atoms with Gasteiger partial charge in [0.1, 0.15) is 17.4 Å². The second-order valence-electron chi connectivity index (χ2n) is 4.65. The molecule has 0 aliphatic carbocycles. The van der Waals surface area contributed by atoms with Crippen LogP contribution in [0.2, 0.25) is 10.0 Å². The molecular formula is C16H12Cl2O2. The van der Waals surface area contributed by atoms with E-state index in [0.717, 1.165) is 16.5 Å². The largest absolute Gasteiger partial charge is 0.458 e. The lowest BCUT2D eigenvalue weighted by Gasteiger charge is -2.08. The van der Waals surface area contributed by atoms with E-state index < -0.39 is 6.10 Å². The Balaban J connectivity index is 1.84. The van der Waals surface area contributed by atoms with E-state index >= 15 is 0 Å². The first-order valence-corrected chi connectivity index (χ1v) is 6.99. The molecule has 1 heterocycles. The topological polar surface area (TPSA) is 33.4 Å². The van der Waals surface area contributed by atoms with E-state index in [-0.39, 0.29) is 0 Å². The van der Waals surface area contributed by atoms with Crippen molar-refractivity contribution in [3.63, 3.8) is 0 Å². The molecule has 0 aliphatic heterocycles. The fourth-order valence-electron chi connectivity index (χ4n) is 2.16. The van der Waals surface area contributed by atoms with Crippen LogP contribution in [-0.2, 0) is 6.42 Å². The maximum Gasteiger partial charge on any atom is 0.134 e. The molecule has 0 bridgehead atoms. The van der Waals surface area contributed by atoms with Crippen LogP contribution in [0.3, 0.4) is 0 Å². The number of furan rings is 1. The van der Waals surface area contributed by atoms with E-state index in [4.69, 9.17) is 27.6 Å². The summed E-state index contributed by atoms with van der Waals surface area (Å²) in [7, 11) is 0. The van der Waals surface area contributed by atoms with Crippen molar-refractivity contribution in [1.82, 2.24) is 0 Å². The summed E-state index contributed by atoms with van der Waals surface area (Å²) in [5.41, 5.74) is 1.68. The molecule has 1 aromatic heterocycles. The lowest BCUT2D eigenvalue weighted by molar-refractivity contribution is 0.152. The van der Waals surface area contributed by atoms with Crippen molar-refractivity contribution in [2.45, 2.75) is 12.5 Å². The number of fused-ring (bicyclic) bond motifs is 1. The van der Waals surface area contributed by atoms with Crippen molar-refractivity contribution < 1.29 is 9.52 Å². The van der Waals surface area contributed by atoms with Gasteiger partial charge < -0.3 is 9.52 Å². The first kappa shape index (κ1) is 13.5. The molecule has 0 aliphatic rings. The number of para-hydroxylation sites is 1. The predicted molar refractivity (Wildman–Crippen MR) is 81.3 cm³/mol. The fraction of sp³-hybridized carbons (Fsp3) is 0.125. The standard InChI is InChI=1S/C16H12Cl2O2/c17-12-6-5-10(7-13(12)18)8-14(19)16-9-11-3-1-2-4-15(11)20-16/h1-7,9,14,19H,8H2. The van der Waals surface area contributed by atoms with Crippen LogP contribution in [0.25, 0.3) is 11.0 Å². The van der Waals surface area contributed by atoms with E-state index in [9.17, 15) is 5.11 Å². The number of aliphatic hydroxyl groups is 1. The molecule has 1 atom stereocenters. The average Bonchev–Trinajstić information content (AvgIpc) is 2.87. The van der Waals surface area contributed by atoms with E-state index in [1.165, 1.54) is 0 Å². The molecule has 4 heteroatoms. The van der Waals surface area contributed by atoms with E-state index in [2.05, 4.69) is 0 Å². The Morgan fingerprint density at radius 1 is 1.00 bits per heavy atom. The Bertz CT molecular complexity index is 716. The lowest BCUT2D eigenvalue weighted by atomic mass is 10.1. The number of halogens is 2. The smallest absolute Gasteiger partial charge is 0.134 e. The summed E-state index contributed by atoms with van der Waals surface area (Å²) in [4.78, 5) is 0. The second-order valence-corrected chi connectivity index (χ2v) is 5.47. The Labute approximate surface area is 126 Å². The van der Waals surface area contributed by atoms with E-state index in [1.807, 2.05) is 36.4 Å². The van der Waals surface area contributed by atoms with Crippen molar-refractivity contribution in [2.24, 2.45) is 0 Å². The van der Waals surface area contributed by atoms with Gasteiger partial charge in [-0.05, 0) is 29.8 Å². The van der Waals surface area contributed by atoms with Crippen LogP contribution in [0, 0.1) is 0 Å². The van der Waals surface area contributed by atoms with Crippen LogP contribution in [-0.4, -0.2) is 5.11 Å². The van der Waals surface area contributed by atoms with Crippen LogP contribution in [0.4, 0.5) is 0 Å². The molecule has 0 saturated carbocycles. The molecule has 3 aromatic rings. The maximum atomic E-state index is 10.3. The summed E-state index contributed by atoms with van der Waals surface area (Å²) in [6.45, 7) is 0. The highest BCUT2D eigenvalue weighted by Crippen LogP contribution is 2.28. The van der Waals surface area contributed by atoms with Gasteiger partial charge >= 0.3 is 0 Å². The zero-order chi connectivity index (χ0) is 14.1. The van der Waals surface area contributed by atoms with Crippen LogP contribution in [0.1, 0.15) is 17.4 Å². The zero-order valence-corrected chi connectivity index (χ0v) is 12.0. The van der Waals surface area contributed by atoms with Crippen LogP contribution < -0.4 is 0 Å². The third kappa shape index (κ3) is 2.68. The minimum absolute atomic E-state index is 0.427. The molecule has 0 radical (unpaired) electrons. The first-order valence-electron chi connectivity index (χ1n) is 6.24. The summed E-state index contributed by atoms with van der Waals surface area (Å²) in [6.07, 6.45) is -0.281. The minimum atomic E-state index is -0.709. The summed E-state index contributed by atoms with van der Waals surface area (Å²) in [5, 5.41) is 12.2. The van der Waals surface area contributed by atoms with Crippen molar-refractivity contribution in [2.75, 3.05) is 0 Å². The monoisotopic (exact) mass is 306 g/mol. The number of benzene rings is 2. The molecule has 1 unspecified atom stereocenters. The minimum Gasteiger partial charge on any atom is -0.458 e. The fourth-order valence-corrected chi connectivity index (χ4v) is 2.48. The number of aliphatic hydroxyl groups excluding tert-OH is 1. The predicted octanol–water partition coefficient (Wildman–Crippen LogP) is 5.02. The van der Waals surface area contributed by atoms with Crippen molar-refractivity contribution in [3.05, 3.63) is 69.9 Å². The number of hydrogen-bond acceptors (Lipinski definition) is 2. The summed E-state index contributed by atoms with van der Waals surface area (Å²) in [5.74, 6) is 0.553. The van der Waals surface area contributed by atoms with Gasteiger partial charge in [0.2, 0.25) is 0 Å². The van der Waals surface area contributed by atoms with Gasteiger partial charge in [0, 0.05) is 11.8 Å². The molecule has 3 rings (SSSR count). The van der Waals surface area contributed by atoms with Gasteiger partial charge in [-0.2, -0.15) is 0 Å². The Hall–Kier alpha value is -1.48. The third-order valence-corrected chi connectivity index (χ3v) is 3.93. The van der Waals surface area contributed by atoms with Gasteiger partial charge in [-0.3, -0.25) is 0 Å². The summed E-state index contributed by atoms with van der Waals surface area (Å²) in [6, 6.07) is 14.9. The second kappa shape index (κ2) is 5.49. The SMILES string of the molecule is OC(Cc1ccc(Cl)c(Cl)c1)c1cc2ccccc2o1. The Morgan fingerprint density at radius 3 is 2.55 bits per heavy atom. The molecule has 0 saturated heterocycles. The third-order valence-electron chi connectivity index (χ3n) is 3.19. The molecule has 2 aromatic carbocycles. The number of rotatable bonds is 3. The molecular weight excluding hydrogens is 295 g/mol. The maximum absolute atomic E-state index is 10.3.